The number of rotatable bonds is 4. The summed E-state index contributed by atoms with van der Waals surface area (Å²) < 4.78 is 29.0. The highest BCUT2D eigenvalue weighted by molar-refractivity contribution is 7.87. The molecule has 4 unspecified atom stereocenters. The van der Waals surface area contributed by atoms with Gasteiger partial charge in [-0.1, -0.05) is 26.7 Å². The third-order valence-electron chi connectivity index (χ3n) is 4.57. The van der Waals surface area contributed by atoms with E-state index in [9.17, 15) is 13.5 Å². The van der Waals surface area contributed by atoms with Gasteiger partial charge in [0.2, 0.25) is 0 Å². The number of aliphatic hydroxyl groups is 1. The van der Waals surface area contributed by atoms with Gasteiger partial charge in [0, 0.05) is 19.6 Å². The van der Waals surface area contributed by atoms with Crippen LogP contribution in [0.25, 0.3) is 0 Å². The molecule has 20 heavy (non-hydrogen) atoms. The molecule has 0 radical (unpaired) electrons. The van der Waals surface area contributed by atoms with E-state index in [1.165, 1.54) is 0 Å². The quantitative estimate of drug-likeness (QED) is 0.824. The van der Waals surface area contributed by atoms with E-state index in [1.54, 1.807) is 4.31 Å². The molecule has 0 aromatic heterocycles. The van der Waals surface area contributed by atoms with Crippen LogP contribution in [0, 0.1) is 17.8 Å². The molecule has 1 heterocycles. The van der Waals surface area contributed by atoms with Gasteiger partial charge in [-0.2, -0.15) is 12.7 Å². The van der Waals surface area contributed by atoms with Crippen LogP contribution in [0.4, 0.5) is 0 Å². The Hall–Kier alpha value is -0.170. The van der Waals surface area contributed by atoms with Crippen LogP contribution in [-0.4, -0.2) is 43.6 Å². The summed E-state index contributed by atoms with van der Waals surface area (Å²) in [5.41, 5.74) is 0. The molecule has 2 N–H and O–H groups in total. The van der Waals surface area contributed by atoms with Gasteiger partial charge in [-0.3, -0.25) is 0 Å². The Bertz CT molecular complexity index is 403. The first-order chi connectivity index (χ1) is 9.38. The van der Waals surface area contributed by atoms with E-state index < -0.39 is 10.2 Å². The maximum atomic E-state index is 12.4. The van der Waals surface area contributed by atoms with Crippen molar-refractivity contribution in [2.75, 3.05) is 19.6 Å². The highest BCUT2D eigenvalue weighted by Gasteiger charge is 2.31. The van der Waals surface area contributed by atoms with Crippen LogP contribution >= 0.6 is 0 Å². The zero-order chi connectivity index (χ0) is 14.8. The molecule has 1 aliphatic carbocycles. The molecule has 0 spiro atoms. The molecule has 2 aliphatic rings. The molecule has 1 saturated carbocycles. The van der Waals surface area contributed by atoms with Crippen LogP contribution in [-0.2, 0) is 10.2 Å². The standard InChI is InChI=1S/C14H28N2O3S/c1-11-7-12(2)10-16(9-11)20(18,19)15-8-13-5-3-4-6-14(13)17/h11-15,17H,3-10H2,1-2H3. The van der Waals surface area contributed by atoms with Gasteiger partial charge in [-0.15, -0.1) is 0 Å². The highest BCUT2D eigenvalue weighted by Crippen LogP contribution is 2.25. The molecule has 2 rings (SSSR count). The first kappa shape index (κ1) is 16.2. The van der Waals surface area contributed by atoms with Gasteiger partial charge in [-0.25, -0.2) is 4.72 Å². The minimum absolute atomic E-state index is 0.0677. The minimum Gasteiger partial charge on any atom is -0.393 e. The summed E-state index contributed by atoms with van der Waals surface area (Å²) in [6.45, 7) is 5.77. The fourth-order valence-corrected chi connectivity index (χ4v) is 5.04. The normalized spacial score (nSPS) is 37.0. The van der Waals surface area contributed by atoms with Crippen LogP contribution in [0.2, 0.25) is 0 Å². The largest absolute Gasteiger partial charge is 0.393 e. The highest BCUT2D eigenvalue weighted by atomic mass is 32.2. The van der Waals surface area contributed by atoms with Gasteiger partial charge >= 0.3 is 0 Å². The predicted octanol–water partition coefficient (Wildman–Crippen LogP) is 1.35. The van der Waals surface area contributed by atoms with Crippen molar-refractivity contribution in [1.82, 2.24) is 9.03 Å². The number of aliphatic hydroxyl groups excluding tert-OH is 1. The third kappa shape index (κ3) is 4.16. The lowest BCUT2D eigenvalue weighted by atomic mass is 9.87. The molecule has 1 aliphatic heterocycles. The topological polar surface area (TPSA) is 69.6 Å². The summed E-state index contributed by atoms with van der Waals surface area (Å²) in [4.78, 5) is 0. The van der Waals surface area contributed by atoms with E-state index in [1.807, 2.05) is 0 Å². The molecule has 0 aromatic rings. The Morgan fingerprint density at radius 3 is 2.35 bits per heavy atom. The van der Waals surface area contributed by atoms with Gasteiger partial charge in [0.1, 0.15) is 0 Å². The van der Waals surface area contributed by atoms with Crippen LogP contribution in [0.1, 0.15) is 46.0 Å². The lowest BCUT2D eigenvalue weighted by Gasteiger charge is -2.35. The molecule has 1 saturated heterocycles. The Labute approximate surface area is 122 Å². The summed E-state index contributed by atoms with van der Waals surface area (Å²) in [5.74, 6) is 0.893. The average Bonchev–Trinajstić information content (AvgIpc) is 2.37. The molecule has 0 amide bonds. The fourth-order valence-electron chi connectivity index (χ4n) is 3.53. The second kappa shape index (κ2) is 6.73. The van der Waals surface area contributed by atoms with Crippen molar-refractivity contribution in [2.45, 2.75) is 52.1 Å². The average molecular weight is 304 g/mol. The maximum absolute atomic E-state index is 12.4. The Morgan fingerprint density at radius 1 is 1.15 bits per heavy atom. The molecule has 5 nitrogen and oxygen atoms in total. The minimum atomic E-state index is -3.40. The Morgan fingerprint density at radius 2 is 1.75 bits per heavy atom. The number of piperidine rings is 1. The van der Waals surface area contributed by atoms with Crippen LogP contribution < -0.4 is 4.72 Å². The van der Waals surface area contributed by atoms with E-state index in [0.29, 0.717) is 31.5 Å². The number of hydrogen-bond donors (Lipinski definition) is 2. The van der Waals surface area contributed by atoms with Crippen molar-refractivity contribution in [3.05, 3.63) is 0 Å². The van der Waals surface area contributed by atoms with Gasteiger partial charge < -0.3 is 5.11 Å². The van der Waals surface area contributed by atoms with E-state index in [4.69, 9.17) is 0 Å². The summed E-state index contributed by atoms with van der Waals surface area (Å²) in [7, 11) is -3.40. The van der Waals surface area contributed by atoms with E-state index in [0.717, 1.165) is 32.1 Å². The zero-order valence-electron chi connectivity index (χ0n) is 12.6. The van der Waals surface area contributed by atoms with Crippen molar-refractivity contribution >= 4 is 10.2 Å². The maximum Gasteiger partial charge on any atom is 0.279 e. The van der Waals surface area contributed by atoms with Crippen molar-refractivity contribution in [2.24, 2.45) is 17.8 Å². The van der Waals surface area contributed by atoms with Gasteiger partial charge in [-0.05, 0) is 37.0 Å². The second-order valence-electron chi connectivity index (χ2n) is 6.73. The summed E-state index contributed by atoms with van der Waals surface area (Å²) in [6.07, 6.45) is 4.58. The molecule has 118 valence electrons. The van der Waals surface area contributed by atoms with E-state index >= 15 is 0 Å². The van der Waals surface area contributed by atoms with Crippen molar-refractivity contribution in [3.8, 4) is 0 Å². The SMILES string of the molecule is CC1CC(C)CN(S(=O)(=O)NCC2CCCCC2O)C1. The monoisotopic (exact) mass is 304 g/mol. The molecule has 6 heteroatoms. The Balaban J connectivity index is 1.90. The van der Waals surface area contributed by atoms with Crippen molar-refractivity contribution in [3.63, 3.8) is 0 Å². The van der Waals surface area contributed by atoms with Crippen LogP contribution in [0.15, 0.2) is 0 Å². The van der Waals surface area contributed by atoms with Crippen molar-refractivity contribution in [1.29, 1.82) is 0 Å². The second-order valence-corrected chi connectivity index (χ2v) is 8.48. The molecule has 0 bridgehead atoms. The van der Waals surface area contributed by atoms with Crippen LogP contribution in [0.5, 0.6) is 0 Å². The van der Waals surface area contributed by atoms with Crippen LogP contribution in [0.3, 0.4) is 0 Å². The molecular formula is C14H28N2O3S. The number of hydrogen-bond acceptors (Lipinski definition) is 3. The molecule has 2 fully saturated rings. The fraction of sp³-hybridized carbons (Fsp3) is 1.00. The molecular weight excluding hydrogens is 276 g/mol. The van der Waals surface area contributed by atoms with Gasteiger partial charge in [0.15, 0.2) is 0 Å². The molecule has 4 atom stereocenters. The zero-order valence-corrected chi connectivity index (χ0v) is 13.4. The number of nitrogens with one attached hydrogen (secondary N) is 1. The first-order valence-corrected chi connectivity index (χ1v) is 9.25. The Kier molecular flexibility index (Phi) is 5.45. The first-order valence-electron chi connectivity index (χ1n) is 7.81. The van der Waals surface area contributed by atoms with Gasteiger partial charge in [0.05, 0.1) is 6.10 Å². The van der Waals surface area contributed by atoms with Gasteiger partial charge in [0.25, 0.3) is 10.2 Å². The third-order valence-corrected chi connectivity index (χ3v) is 6.08. The summed E-state index contributed by atoms with van der Waals surface area (Å²) >= 11 is 0. The smallest absolute Gasteiger partial charge is 0.279 e. The number of nitrogens with zero attached hydrogens (tertiary/aromatic N) is 1. The summed E-state index contributed by atoms with van der Waals surface area (Å²) in [5, 5.41) is 9.91. The summed E-state index contributed by atoms with van der Waals surface area (Å²) in [6, 6.07) is 0. The molecule has 0 aromatic carbocycles. The van der Waals surface area contributed by atoms with E-state index in [2.05, 4.69) is 18.6 Å². The van der Waals surface area contributed by atoms with E-state index in [-0.39, 0.29) is 12.0 Å². The predicted molar refractivity (Wildman–Crippen MR) is 79.4 cm³/mol. The van der Waals surface area contributed by atoms with Crippen molar-refractivity contribution < 1.29 is 13.5 Å². The lowest BCUT2D eigenvalue weighted by Crippen LogP contribution is -2.49. The lowest BCUT2D eigenvalue weighted by molar-refractivity contribution is 0.0721.